The Hall–Kier alpha value is -0.860. The van der Waals surface area contributed by atoms with Gasteiger partial charge in [0.05, 0.1) is 16.8 Å². The molecule has 100 valence electrons. The van der Waals surface area contributed by atoms with Crippen molar-refractivity contribution in [3.05, 3.63) is 35.4 Å². The molecule has 0 amide bonds. The smallest absolute Gasteiger partial charge is 0.0674 e. The van der Waals surface area contributed by atoms with Crippen LogP contribution in [0.15, 0.2) is 24.3 Å². The maximum Gasteiger partial charge on any atom is 0.0674 e. The molecule has 1 heterocycles. The van der Waals surface area contributed by atoms with Crippen molar-refractivity contribution in [3.8, 4) is 0 Å². The van der Waals surface area contributed by atoms with Crippen molar-refractivity contribution in [2.75, 3.05) is 19.6 Å². The quantitative estimate of drug-likeness (QED) is 0.803. The van der Waals surface area contributed by atoms with E-state index in [2.05, 4.69) is 20.8 Å². The van der Waals surface area contributed by atoms with E-state index >= 15 is 0 Å². The second kappa shape index (κ2) is 5.41. The van der Waals surface area contributed by atoms with Crippen molar-refractivity contribution < 1.29 is 14.3 Å². The molecule has 2 nitrogen and oxygen atoms in total. The van der Waals surface area contributed by atoms with Crippen LogP contribution in [0.3, 0.4) is 0 Å². The Bertz CT molecular complexity index is 609. The van der Waals surface area contributed by atoms with E-state index in [0.717, 1.165) is 17.4 Å². The third-order valence-electron chi connectivity index (χ3n) is 2.84. The van der Waals surface area contributed by atoms with Gasteiger partial charge in [0.2, 0.25) is 0 Å². The van der Waals surface area contributed by atoms with Gasteiger partial charge in [-0.15, -0.1) is 0 Å². The van der Waals surface area contributed by atoms with Gasteiger partial charge >= 0.3 is 0 Å². The zero-order chi connectivity index (χ0) is 19.5. The van der Waals surface area contributed by atoms with Gasteiger partial charge in [0, 0.05) is 25.0 Å². The van der Waals surface area contributed by atoms with E-state index in [1.165, 1.54) is 0 Å². The summed E-state index contributed by atoms with van der Waals surface area (Å²) in [6.07, 6.45) is -2.26. The molecule has 0 radical (unpaired) electrons. The summed E-state index contributed by atoms with van der Waals surface area (Å²) in [5.74, 6) is 0. The number of hydrogen-bond acceptors (Lipinski definition) is 2. The third kappa shape index (κ3) is 3.56. The van der Waals surface area contributed by atoms with Crippen molar-refractivity contribution in [2.45, 2.75) is 45.7 Å². The van der Waals surface area contributed by atoms with Gasteiger partial charge in [-0.3, -0.25) is 4.90 Å². The van der Waals surface area contributed by atoms with Gasteiger partial charge in [-0.25, -0.2) is 0 Å². The third-order valence-corrected chi connectivity index (χ3v) is 2.84. The molecule has 1 saturated heterocycles. The molecule has 1 aromatic rings. The average molecular weight is 254 g/mol. The van der Waals surface area contributed by atoms with Crippen LogP contribution in [0, 0.1) is 0 Å². The van der Waals surface area contributed by atoms with Gasteiger partial charge in [0.1, 0.15) is 0 Å². The van der Waals surface area contributed by atoms with E-state index in [1.807, 2.05) is 12.1 Å². The van der Waals surface area contributed by atoms with Crippen molar-refractivity contribution in [1.29, 1.82) is 0 Å². The van der Waals surface area contributed by atoms with Gasteiger partial charge in [-0.05, 0) is 23.5 Å². The Kier molecular flexibility index (Phi) is 2.13. The summed E-state index contributed by atoms with van der Waals surface area (Å²) in [5.41, 5.74) is 1.68. The van der Waals surface area contributed by atoms with Gasteiger partial charge < -0.3 is 4.74 Å². The minimum atomic E-state index is -2.82. The van der Waals surface area contributed by atoms with Crippen LogP contribution in [-0.4, -0.2) is 30.5 Å². The number of benzene rings is 1. The van der Waals surface area contributed by atoms with Gasteiger partial charge in [0.25, 0.3) is 0 Å². The number of hydrogen-bond donors (Lipinski definition) is 0. The fourth-order valence-corrected chi connectivity index (χ4v) is 1.77. The second-order valence-electron chi connectivity index (χ2n) is 5.52. The lowest BCUT2D eigenvalue weighted by Crippen LogP contribution is -2.40. The molecule has 0 spiro atoms. The molecule has 18 heavy (non-hydrogen) atoms. The minimum Gasteiger partial charge on any atom is -0.376 e. The van der Waals surface area contributed by atoms with Crippen LogP contribution in [0.1, 0.15) is 48.4 Å². The summed E-state index contributed by atoms with van der Waals surface area (Å²) in [6.45, 7) is -0.938. The highest BCUT2D eigenvalue weighted by molar-refractivity contribution is 5.27. The van der Waals surface area contributed by atoms with Crippen molar-refractivity contribution >= 4 is 0 Å². The van der Waals surface area contributed by atoms with Crippen LogP contribution in [-0.2, 0) is 16.7 Å². The van der Waals surface area contributed by atoms with Crippen molar-refractivity contribution in [3.63, 3.8) is 0 Å². The summed E-state index contributed by atoms with van der Waals surface area (Å²) in [4.78, 5) is 0.739. The molecule has 2 rings (SSSR count). The van der Waals surface area contributed by atoms with Crippen molar-refractivity contribution in [2.24, 2.45) is 0 Å². The summed E-state index contributed by atoms with van der Waals surface area (Å²) in [7, 11) is 0. The minimum absolute atomic E-state index is 0.0437. The zero-order valence-electron chi connectivity index (χ0n) is 18.4. The van der Waals surface area contributed by atoms with Gasteiger partial charge in [-0.2, -0.15) is 0 Å². The molecular formula is C16H25NO. The molecule has 0 saturated carbocycles. The largest absolute Gasteiger partial charge is 0.376 e. The molecule has 1 aliphatic heterocycles. The molecule has 1 aliphatic rings. The molecule has 0 N–H and O–H groups in total. The SMILES string of the molecule is [2H]C1([2H])OC([2H])(C)C([2H])([2H])N(Cc2ccc(C(C)(C)C)cc2)C1([2H])[2H]. The Balaban J connectivity index is 2.40. The first-order valence-electron chi connectivity index (χ1n) is 9.60. The predicted octanol–water partition coefficient (Wildman–Crippen LogP) is 3.20. The van der Waals surface area contributed by atoms with E-state index in [1.54, 1.807) is 12.1 Å². The topological polar surface area (TPSA) is 12.5 Å². The summed E-state index contributed by atoms with van der Waals surface area (Å²) < 4.78 is 61.0. The molecule has 1 atom stereocenters. The Morgan fingerprint density at radius 3 is 2.67 bits per heavy atom. The molecule has 0 aliphatic carbocycles. The Labute approximate surface area is 121 Å². The Morgan fingerprint density at radius 1 is 1.39 bits per heavy atom. The first kappa shape index (κ1) is 7.06. The fourth-order valence-electron chi connectivity index (χ4n) is 1.77. The van der Waals surface area contributed by atoms with Crippen LogP contribution in [0.2, 0.25) is 0 Å². The van der Waals surface area contributed by atoms with E-state index in [0.29, 0.717) is 5.56 Å². The average Bonchev–Trinajstić information content (AvgIpc) is 2.41. The molecule has 0 bridgehead atoms. The lowest BCUT2D eigenvalue weighted by molar-refractivity contribution is -0.0212. The van der Waals surface area contributed by atoms with E-state index < -0.39 is 25.6 Å². The first-order chi connectivity index (χ1) is 11.0. The van der Waals surface area contributed by atoms with Crippen LogP contribution < -0.4 is 0 Å². The highest BCUT2D eigenvalue weighted by Crippen LogP contribution is 2.22. The number of nitrogens with zero attached hydrogens (tertiary/aromatic N) is 1. The monoisotopic (exact) mass is 254 g/mol. The normalized spacial score (nSPS) is 40.3. The highest BCUT2D eigenvalue weighted by atomic mass is 16.5. The second-order valence-corrected chi connectivity index (χ2v) is 5.52. The molecule has 1 fully saturated rings. The summed E-state index contributed by atoms with van der Waals surface area (Å²) >= 11 is 0. The number of ether oxygens (including phenoxy) is 1. The summed E-state index contributed by atoms with van der Waals surface area (Å²) in [5, 5.41) is 0. The number of morpholine rings is 1. The van der Waals surface area contributed by atoms with Gasteiger partial charge in [-0.1, -0.05) is 45.0 Å². The fraction of sp³-hybridized carbons (Fsp3) is 0.625. The van der Waals surface area contributed by atoms with Crippen LogP contribution in [0.25, 0.3) is 0 Å². The Morgan fingerprint density at radius 2 is 2.06 bits per heavy atom. The van der Waals surface area contributed by atoms with E-state index in [9.17, 15) is 0 Å². The van der Waals surface area contributed by atoms with E-state index in [-0.39, 0.29) is 12.0 Å². The first-order valence-corrected chi connectivity index (χ1v) is 6.10. The zero-order valence-corrected chi connectivity index (χ0v) is 11.4. The molecule has 2 heteroatoms. The lowest BCUT2D eigenvalue weighted by Gasteiger charge is -2.31. The van der Waals surface area contributed by atoms with Crippen molar-refractivity contribution in [1.82, 2.24) is 4.90 Å². The van der Waals surface area contributed by atoms with E-state index in [4.69, 9.17) is 14.3 Å². The lowest BCUT2D eigenvalue weighted by atomic mass is 9.87. The highest BCUT2D eigenvalue weighted by Gasteiger charge is 2.17. The predicted molar refractivity (Wildman–Crippen MR) is 75.8 cm³/mol. The van der Waals surface area contributed by atoms with Crippen LogP contribution in [0.4, 0.5) is 0 Å². The standard InChI is InChI=1S/C16H25NO/c1-13-11-17(9-10-18-13)12-14-5-7-15(8-6-14)16(2,3)4/h5-8,13H,9-12H2,1-4H3/i9D2,10D2,11D2,13D. The number of rotatable bonds is 2. The molecule has 1 aromatic carbocycles. The maximum absolute atomic E-state index is 8.18. The molecular weight excluding hydrogens is 222 g/mol. The molecule has 1 unspecified atom stereocenters. The molecule has 0 aromatic heterocycles. The van der Waals surface area contributed by atoms with Gasteiger partial charge in [0.15, 0.2) is 0 Å². The van der Waals surface area contributed by atoms with Crippen LogP contribution in [0.5, 0.6) is 0 Å². The maximum atomic E-state index is 8.18. The summed E-state index contributed by atoms with van der Waals surface area (Å²) in [6, 6.07) is 7.35. The van der Waals surface area contributed by atoms with Crippen LogP contribution >= 0.6 is 0 Å².